The van der Waals surface area contributed by atoms with Crippen molar-refractivity contribution in [1.29, 1.82) is 0 Å². The SMILES string of the molecule is COc1ncc(Cl)c(CC(=O)N2Cc3ccccc3C2C)c1Cl. The van der Waals surface area contributed by atoms with E-state index in [9.17, 15) is 4.79 Å². The molecule has 1 aliphatic rings. The average molecular weight is 351 g/mol. The number of ether oxygens (including phenoxy) is 1. The van der Waals surface area contributed by atoms with Gasteiger partial charge in [0.15, 0.2) is 0 Å². The Bertz CT molecular complexity index is 764. The van der Waals surface area contributed by atoms with Gasteiger partial charge in [-0.3, -0.25) is 4.79 Å². The molecular formula is C17H16Cl2N2O2. The van der Waals surface area contributed by atoms with E-state index < -0.39 is 0 Å². The van der Waals surface area contributed by atoms with Gasteiger partial charge in [-0.05, 0) is 18.1 Å². The van der Waals surface area contributed by atoms with Crippen molar-refractivity contribution in [3.63, 3.8) is 0 Å². The van der Waals surface area contributed by atoms with Crippen LogP contribution in [0.15, 0.2) is 30.5 Å². The smallest absolute Gasteiger partial charge is 0.232 e. The highest BCUT2D eigenvalue weighted by atomic mass is 35.5. The van der Waals surface area contributed by atoms with Gasteiger partial charge in [-0.1, -0.05) is 47.5 Å². The quantitative estimate of drug-likeness (QED) is 0.838. The summed E-state index contributed by atoms with van der Waals surface area (Å²) in [5, 5.41) is 0.659. The van der Waals surface area contributed by atoms with Gasteiger partial charge in [0.2, 0.25) is 11.8 Å². The summed E-state index contributed by atoms with van der Waals surface area (Å²) in [6.45, 7) is 2.63. The largest absolute Gasteiger partial charge is 0.480 e. The lowest BCUT2D eigenvalue weighted by molar-refractivity contribution is -0.132. The number of hydrogen-bond acceptors (Lipinski definition) is 3. The third kappa shape index (κ3) is 2.89. The van der Waals surface area contributed by atoms with E-state index in [2.05, 4.69) is 17.1 Å². The molecule has 0 N–H and O–H groups in total. The van der Waals surface area contributed by atoms with E-state index in [-0.39, 0.29) is 29.3 Å². The monoisotopic (exact) mass is 350 g/mol. The normalized spacial score (nSPS) is 16.3. The maximum absolute atomic E-state index is 12.7. The number of benzene rings is 1. The van der Waals surface area contributed by atoms with Gasteiger partial charge in [0.05, 0.1) is 24.6 Å². The van der Waals surface area contributed by atoms with E-state index in [0.717, 1.165) is 0 Å². The molecule has 120 valence electrons. The summed E-state index contributed by atoms with van der Waals surface area (Å²) in [7, 11) is 1.48. The van der Waals surface area contributed by atoms with Crippen molar-refractivity contribution < 1.29 is 9.53 Å². The predicted octanol–water partition coefficient (Wildman–Crippen LogP) is 4.04. The lowest BCUT2D eigenvalue weighted by Gasteiger charge is -2.22. The number of rotatable bonds is 3. The van der Waals surface area contributed by atoms with Crippen molar-refractivity contribution in [3.8, 4) is 5.88 Å². The summed E-state index contributed by atoms with van der Waals surface area (Å²) < 4.78 is 5.09. The molecule has 6 heteroatoms. The fourth-order valence-corrected chi connectivity index (χ4v) is 3.47. The molecule has 0 saturated carbocycles. The zero-order chi connectivity index (χ0) is 16.6. The third-order valence-corrected chi connectivity index (χ3v) is 4.91. The minimum atomic E-state index is -0.0225. The molecule has 0 bridgehead atoms. The Morgan fingerprint density at radius 1 is 1.39 bits per heavy atom. The Balaban J connectivity index is 1.84. The molecule has 0 fully saturated rings. The van der Waals surface area contributed by atoms with Gasteiger partial charge >= 0.3 is 0 Å². The summed E-state index contributed by atoms with van der Waals surface area (Å²) >= 11 is 12.4. The number of carbonyl (C=O) groups is 1. The summed E-state index contributed by atoms with van der Waals surface area (Å²) in [6.07, 6.45) is 1.58. The van der Waals surface area contributed by atoms with Gasteiger partial charge in [0, 0.05) is 18.3 Å². The number of methoxy groups -OCH3 is 1. The van der Waals surface area contributed by atoms with E-state index in [1.807, 2.05) is 24.0 Å². The Hall–Kier alpha value is -1.78. The summed E-state index contributed by atoms with van der Waals surface area (Å²) in [4.78, 5) is 18.6. The second-order valence-electron chi connectivity index (χ2n) is 5.48. The number of hydrogen-bond donors (Lipinski definition) is 0. The highest BCUT2D eigenvalue weighted by molar-refractivity contribution is 6.36. The molecule has 0 spiro atoms. The number of halogens is 2. The van der Waals surface area contributed by atoms with Crippen molar-refractivity contribution in [1.82, 2.24) is 9.88 Å². The first-order valence-electron chi connectivity index (χ1n) is 7.27. The van der Waals surface area contributed by atoms with Gasteiger partial charge in [-0.2, -0.15) is 0 Å². The van der Waals surface area contributed by atoms with Crippen LogP contribution in [0.25, 0.3) is 0 Å². The van der Waals surface area contributed by atoms with Crippen molar-refractivity contribution in [2.24, 2.45) is 0 Å². The van der Waals surface area contributed by atoms with Crippen LogP contribution in [0, 0.1) is 0 Å². The molecule has 2 aromatic rings. The zero-order valence-corrected chi connectivity index (χ0v) is 14.4. The molecule has 23 heavy (non-hydrogen) atoms. The van der Waals surface area contributed by atoms with E-state index in [4.69, 9.17) is 27.9 Å². The van der Waals surface area contributed by atoms with E-state index >= 15 is 0 Å². The second kappa shape index (κ2) is 6.38. The first-order valence-corrected chi connectivity index (χ1v) is 8.02. The van der Waals surface area contributed by atoms with Crippen molar-refractivity contribution >= 4 is 29.1 Å². The van der Waals surface area contributed by atoms with Crippen LogP contribution in [0.1, 0.15) is 29.7 Å². The first kappa shape index (κ1) is 16.1. The molecular weight excluding hydrogens is 335 g/mol. The molecule has 1 aliphatic heterocycles. The van der Waals surface area contributed by atoms with Crippen LogP contribution in [-0.4, -0.2) is 22.9 Å². The fourth-order valence-electron chi connectivity index (χ4n) is 2.92. The van der Waals surface area contributed by atoms with Crippen molar-refractivity contribution in [2.75, 3.05) is 7.11 Å². The third-order valence-electron chi connectivity index (χ3n) is 4.19. The first-order chi connectivity index (χ1) is 11.0. The molecule has 1 amide bonds. The second-order valence-corrected chi connectivity index (χ2v) is 6.27. The van der Waals surface area contributed by atoms with Crippen LogP contribution in [0.2, 0.25) is 10.0 Å². The highest BCUT2D eigenvalue weighted by Gasteiger charge is 2.30. The number of aromatic nitrogens is 1. The Labute approximate surface area is 145 Å². The molecule has 1 aromatic carbocycles. The maximum Gasteiger partial charge on any atom is 0.232 e. The van der Waals surface area contributed by atoms with Crippen molar-refractivity contribution in [3.05, 3.63) is 57.2 Å². The number of carbonyl (C=O) groups excluding carboxylic acids is 1. The number of nitrogens with zero attached hydrogens (tertiary/aromatic N) is 2. The lowest BCUT2D eigenvalue weighted by Crippen LogP contribution is -2.29. The number of pyridine rings is 1. The van der Waals surface area contributed by atoms with Crippen LogP contribution in [0.3, 0.4) is 0 Å². The number of amides is 1. The van der Waals surface area contributed by atoms with Gasteiger partial charge in [0.25, 0.3) is 0 Å². The topological polar surface area (TPSA) is 42.4 Å². The molecule has 1 atom stereocenters. The molecule has 4 nitrogen and oxygen atoms in total. The molecule has 3 rings (SSSR count). The minimum Gasteiger partial charge on any atom is -0.480 e. The van der Waals surface area contributed by atoms with Crippen LogP contribution < -0.4 is 4.74 Å². The van der Waals surface area contributed by atoms with Gasteiger partial charge in [-0.15, -0.1) is 0 Å². The molecule has 0 aliphatic carbocycles. The summed E-state index contributed by atoms with van der Waals surface area (Å²) in [6, 6.07) is 8.13. The molecule has 2 heterocycles. The Kier molecular flexibility index (Phi) is 4.46. The lowest BCUT2D eigenvalue weighted by atomic mass is 10.1. The van der Waals surface area contributed by atoms with Crippen LogP contribution in [0.4, 0.5) is 0 Å². The van der Waals surface area contributed by atoms with Gasteiger partial charge < -0.3 is 9.64 Å². The molecule has 1 aromatic heterocycles. The molecule has 1 unspecified atom stereocenters. The van der Waals surface area contributed by atoms with E-state index in [1.165, 1.54) is 24.4 Å². The summed E-state index contributed by atoms with van der Waals surface area (Å²) in [5.41, 5.74) is 2.91. The van der Waals surface area contributed by atoms with E-state index in [0.29, 0.717) is 17.1 Å². The summed E-state index contributed by atoms with van der Waals surface area (Å²) in [5.74, 6) is 0.252. The predicted molar refractivity (Wildman–Crippen MR) is 89.9 cm³/mol. The Morgan fingerprint density at radius 3 is 2.83 bits per heavy atom. The highest BCUT2D eigenvalue weighted by Crippen LogP contribution is 2.36. The Morgan fingerprint density at radius 2 is 2.13 bits per heavy atom. The van der Waals surface area contributed by atoms with Gasteiger partial charge in [-0.25, -0.2) is 4.98 Å². The van der Waals surface area contributed by atoms with Crippen molar-refractivity contribution in [2.45, 2.75) is 25.9 Å². The standard InChI is InChI=1S/C17H16Cl2N2O2/c1-10-12-6-4-3-5-11(12)9-21(10)15(22)7-13-14(18)8-20-17(23-2)16(13)19/h3-6,8,10H,7,9H2,1-2H3. The van der Waals surface area contributed by atoms with E-state index in [1.54, 1.807) is 0 Å². The molecule has 0 saturated heterocycles. The minimum absolute atomic E-state index is 0.0225. The average Bonchev–Trinajstić information content (AvgIpc) is 2.89. The maximum atomic E-state index is 12.7. The van der Waals surface area contributed by atoms with Crippen LogP contribution in [0.5, 0.6) is 5.88 Å². The zero-order valence-electron chi connectivity index (χ0n) is 12.8. The number of fused-ring (bicyclic) bond motifs is 1. The van der Waals surface area contributed by atoms with Gasteiger partial charge in [0.1, 0.15) is 5.02 Å². The fraction of sp³-hybridized carbons (Fsp3) is 0.294. The van der Waals surface area contributed by atoms with Crippen LogP contribution in [-0.2, 0) is 17.8 Å². The van der Waals surface area contributed by atoms with Crippen LogP contribution >= 0.6 is 23.2 Å². The molecule has 0 radical (unpaired) electrons.